The van der Waals surface area contributed by atoms with E-state index >= 15 is 0 Å². The Balaban J connectivity index is 2.04. The molecule has 0 unspecified atom stereocenters. The first kappa shape index (κ1) is 16.6. The molecule has 0 radical (unpaired) electrons. The molecule has 0 spiro atoms. The van der Waals surface area contributed by atoms with Crippen molar-refractivity contribution >= 4 is 17.3 Å². The number of hydrogen-bond donors (Lipinski definition) is 1. The van der Waals surface area contributed by atoms with Crippen LogP contribution in [0.2, 0.25) is 0 Å². The lowest BCUT2D eigenvalue weighted by Gasteiger charge is -2.12. The highest BCUT2D eigenvalue weighted by atomic mass is 16.6. The minimum atomic E-state index is -0.753. The van der Waals surface area contributed by atoms with Crippen molar-refractivity contribution in [2.24, 2.45) is 0 Å². The lowest BCUT2D eigenvalue weighted by Crippen LogP contribution is -2.25. The molecular weight excluding hydrogens is 302 g/mol. The van der Waals surface area contributed by atoms with Gasteiger partial charge in [-0.25, -0.2) is 0 Å². The minimum absolute atomic E-state index is 0.0801. The number of nitrogens with one attached hydrogen (secondary N) is 1. The van der Waals surface area contributed by atoms with Gasteiger partial charge >= 0.3 is 0 Å². The van der Waals surface area contributed by atoms with Gasteiger partial charge in [0.15, 0.2) is 0 Å². The van der Waals surface area contributed by atoms with Crippen LogP contribution in [0.25, 0.3) is 0 Å². The largest absolute Gasteiger partial charge is 0.352 e. The molecule has 2 rings (SSSR count). The van der Waals surface area contributed by atoms with Crippen LogP contribution in [0.3, 0.4) is 0 Å². The average molecular weight is 319 g/mol. The van der Waals surface area contributed by atoms with Crippen molar-refractivity contribution in [3.05, 3.63) is 55.6 Å². The van der Waals surface area contributed by atoms with Gasteiger partial charge in [0.1, 0.15) is 0 Å². The molecule has 0 saturated heterocycles. The molecule has 0 aliphatic heterocycles. The SMILES string of the molecule is O=C(NCCC1=CCCCC1)c1cc([N+](=O)[O-])cc([N+](=O)[O-])c1. The van der Waals surface area contributed by atoms with E-state index < -0.39 is 27.1 Å². The van der Waals surface area contributed by atoms with Gasteiger partial charge in [-0.3, -0.25) is 25.0 Å². The van der Waals surface area contributed by atoms with Crippen LogP contribution in [0.1, 0.15) is 42.5 Å². The van der Waals surface area contributed by atoms with Crippen LogP contribution in [0.4, 0.5) is 11.4 Å². The van der Waals surface area contributed by atoms with E-state index in [0.29, 0.717) is 6.54 Å². The number of nitrogens with zero attached hydrogens (tertiary/aromatic N) is 2. The summed E-state index contributed by atoms with van der Waals surface area (Å²) in [5.74, 6) is -0.548. The van der Waals surface area contributed by atoms with Crippen molar-refractivity contribution in [1.82, 2.24) is 5.32 Å². The lowest BCUT2D eigenvalue weighted by molar-refractivity contribution is -0.394. The Hall–Kier alpha value is -2.77. The van der Waals surface area contributed by atoms with Crippen molar-refractivity contribution in [3.8, 4) is 0 Å². The summed E-state index contributed by atoms with van der Waals surface area (Å²) in [6.45, 7) is 0.404. The van der Waals surface area contributed by atoms with Gasteiger partial charge in [-0.1, -0.05) is 11.6 Å². The first-order valence-electron chi connectivity index (χ1n) is 7.37. The molecule has 0 atom stereocenters. The number of carbonyl (C=O) groups is 1. The monoisotopic (exact) mass is 319 g/mol. The van der Waals surface area contributed by atoms with Crippen LogP contribution in [-0.2, 0) is 0 Å². The van der Waals surface area contributed by atoms with Gasteiger partial charge in [-0.2, -0.15) is 0 Å². The van der Waals surface area contributed by atoms with E-state index in [-0.39, 0.29) is 5.56 Å². The lowest BCUT2D eigenvalue weighted by atomic mass is 9.97. The molecule has 0 saturated carbocycles. The number of non-ortho nitro benzene ring substituents is 2. The Kier molecular flexibility index (Phi) is 5.40. The number of allylic oxidation sites excluding steroid dienone is 1. The molecule has 1 N–H and O–H groups in total. The molecule has 8 heteroatoms. The Morgan fingerprint density at radius 1 is 1.09 bits per heavy atom. The molecule has 0 fully saturated rings. The Labute approximate surface area is 132 Å². The molecule has 0 heterocycles. The topological polar surface area (TPSA) is 115 Å². The van der Waals surface area contributed by atoms with Crippen LogP contribution in [-0.4, -0.2) is 22.3 Å². The molecule has 0 bridgehead atoms. The third-order valence-electron chi connectivity index (χ3n) is 3.70. The smallest absolute Gasteiger partial charge is 0.277 e. The van der Waals surface area contributed by atoms with Crippen LogP contribution >= 0.6 is 0 Å². The summed E-state index contributed by atoms with van der Waals surface area (Å²) >= 11 is 0. The zero-order valence-electron chi connectivity index (χ0n) is 12.5. The minimum Gasteiger partial charge on any atom is -0.352 e. The van der Waals surface area contributed by atoms with Gasteiger partial charge in [0.05, 0.1) is 21.5 Å². The summed E-state index contributed by atoms with van der Waals surface area (Å²) in [4.78, 5) is 32.2. The highest BCUT2D eigenvalue weighted by molar-refractivity contribution is 5.95. The van der Waals surface area contributed by atoms with E-state index in [1.165, 1.54) is 12.0 Å². The highest BCUT2D eigenvalue weighted by Crippen LogP contribution is 2.23. The third-order valence-corrected chi connectivity index (χ3v) is 3.70. The zero-order chi connectivity index (χ0) is 16.8. The van der Waals surface area contributed by atoms with Gasteiger partial charge in [0.2, 0.25) is 0 Å². The van der Waals surface area contributed by atoms with E-state index in [1.807, 2.05) is 0 Å². The number of amides is 1. The zero-order valence-corrected chi connectivity index (χ0v) is 12.5. The van der Waals surface area contributed by atoms with Crippen molar-refractivity contribution < 1.29 is 14.6 Å². The molecule has 122 valence electrons. The maximum atomic E-state index is 12.1. The Morgan fingerprint density at radius 3 is 2.26 bits per heavy atom. The second-order valence-corrected chi connectivity index (χ2v) is 5.37. The fraction of sp³-hybridized carbons (Fsp3) is 0.400. The maximum Gasteiger partial charge on any atom is 0.277 e. The van der Waals surface area contributed by atoms with Crippen LogP contribution in [0, 0.1) is 20.2 Å². The summed E-state index contributed by atoms with van der Waals surface area (Å²) in [6.07, 6.45) is 7.32. The summed E-state index contributed by atoms with van der Waals surface area (Å²) in [5, 5.41) is 24.3. The summed E-state index contributed by atoms with van der Waals surface area (Å²) in [6, 6.07) is 2.92. The predicted octanol–water partition coefficient (Wildman–Crippen LogP) is 3.12. The average Bonchev–Trinajstić information content (AvgIpc) is 2.55. The summed E-state index contributed by atoms with van der Waals surface area (Å²) < 4.78 is 0. The normalized spacial score (nSPS) is 14.0. The number of nitro benzene ring substituents is 2. The summed E-state index contributed by atoms with van der Waals surface area (Å²) in [5.41, 5.74) is 0.267. The van der Waals surface area contributed by atoms with Gasteiger partial charge in [-0.15, -0.1) is 0 Å². The molecule has 0 aromatic heterocycles. The van der Waals surface area contributed by atoms with Crippen molar-refractivity contribution in [2.75, 3.05) is 6.54 Å². The molecule has 1 aromatic carbocycles. The predicted molar refractivity (Wildman–Crippen MR) is 83.3 cm³/mol. The standard InChI is InChI=1S/C15H17N3O5/c19-15(16-7-6-11-4-2-1-3-5-11)12-8-13(17(20)21)10-14(9-12)18(22)23/h4,8-10H,1-3,5-7H2,(H,16,19). The third kappa shape index (κ3) is 4.60. The second-order valence-electron chi connectivity index (χ2n) is 5.37. The second kappa shape index (κ2) is 7.48. The molecular formula is C15H17N3O5. The van der Waals surface area contributed by atoms with Gasteiger partial charge in [0, 0.05) is 18.7 Å². The van der Waals surface area contributed by atoms with Crippen molar-refractivity contribution in [3.63, 3.8) is 0 Å². The molecule has 23 heavy (non-hydrogen) atoms. The van der Waals surface area contributed by atoms with Crippen LogP contribution in [0.5, 0.6) is 0 Å². The van der Waals surface area contributed by atoms with Gasteiger partial charge in [0.25, 0.3) is 17.3 Å². The Bertz CT molecular complexity index is 637. The number of rotatable bonds is 6. The fourth-order valence-electron chi connectivity index (χ4n) is 2.51. The van der Waals surface area contributed by atoms with Gasteiger partial charge in [-0.05, 0) is 32.1 Å². The van der Waals surface area contributed by atoms with Gasteiger partial charge < -0.3 is 5.32 Å². The van der Waals surface area contributed by atoms with E-state index in [9.17, 15) is 25.0 Å². The van der Waals surface area contributed by atoms with Crippen molar-refractivity contribution in [2.45, 2.75) is 32.1 Å². The number of nitro groups is 2. The summed E-state index contributed by atoms with van der Waals surface area (Å²) in [7, 11) is 0. The quantitative estimate of drug-likeness (QED) is 0.491. The first-order chi connectivity index (χ1) is 11.0. The maximum absolute atomic E-state index is 12.1. The number of benzene rings is 1. The van der Waals surface area contributed by atoms with E-state index in [0.717, 1.165) is 43.9 Å². The van der Waals surface area contributed by atoms with E-state index in [4.69, 9.17) is 0 Å². The van der Waals surface area contributed by atoms with Crippen molar-refractivity contribution in [1.29, 1.82) is 0 Å². The van der Waals surface area contributed by atoms with Crippen LogP contribution < -0.4 is 5.32 Å². The molecule has 1 aliphatic rings. The van der Waals surface area contributed by atoms with E-state index in [1.54, 1.807) is 0 Å². The first-order valence-corrected chi connectivity index (χ1v) is 7.37. The number of hydrogen-bond acceptors (Lipinski definition) is 5. The molecule has 1 aromatic rings. The van der Waals surface area contributed by atoms with E-state index in [2.05, 4.69) is 11.4 Å². The molecule has 1 amide bonds. The fourth-order valence-corrected chi connectivity index (χ4v) is 2.51. The van der Waals surface area contributed by atoms with Crippen LogP contribution in [0.15, 0.2) is 29.8 Å². The number of carbonyl (C=O) groups excluding carboxylic acids is 1. The molecule has 1 aliphatic carbocycles. The Morgan fingerprint density at radius 2 is 1.74 bits per heavy atom. The highest BCUT2D eigenvalue weighted by Gasteiger charge is 2.19. The molecule has 8 nitrogen and oxygen atoms in total.